The molecule has 0 amide bonds. The maximum atomic E-state index is 12.8. The van der Waals surface area contributed by atoms with Crippen molar-refractivity contribution in [2.75, 3.05) is 5.32 Å². The Balaban J connectivity index is 2.40. The molecule has 94 valence electrons. The van der Waals surface area contributed by atoms with Crippen LogP contribution in [0, 0.1) is 6.92 Å². The van der Waals surface area contributed by atoms with E-state index in [-0.39, 0.29) is 5.69 Å². The minimum atomic E-state index is -4.44. The van der Waals surface area contributed by atoms with Crippen LogP contribution in [0.15, 0.2) is 36.8 Å². The van der Waals surface area contributed by atoms with Crippen molar-refractivity contribution in [3.63, 3.8) is 0 Å². The van der Waals surface area contributed by atoms with Crippen LogP contribution >= 0.6 is 0 Å². The van der Waals surface area contributed by atoms with E-state index in [1.807, 2.05) is 0 Å². The van der Waals surface area contributed by atoms with Crippen LogP contribution in [0.1, 0.15) is 11.3 Å². The summed E-state index contributed by atoms with van der Waals surface area (Å²) in [7, 11) is 0. The average Bonchev–Trinajstić information content (AvgIpc) is 2.28. The molecule has 2 aromatic rings. The zero-order chi connectivity index (χ0) is 13.2. The van der Waals surface area contributed by atoms with Gasteiger partial charge in [-0.2, -0.15) is 13.2 Å². The summed E-state index contributed by atoms with van der Waals surface area (Å²) in [5.74, 6) is 0. The van der Waals surface area contributed by atoms with Crippen LogP contribution in [0.5, 0.6) is 0 Å². The van der Waals surface area contributed by atoms with Gasteiger partial charge >= 0.3 is 6.18 Å². The predicted molar refractivity (Wildman–Crippen MR) is 61.5 cm³/mol. The largest absolute Gasteiger partial charge is 0.419 e. The SMILES string of the molecule is Cc1cc(Nc2cccnc2)c(C(F)(F)F)cn1. The van der Waals surface area contributed by atoms with Crippen molar-refractivity contribution in [3.8, 4) is 0 Å². The van der Waals surface area contributed by atoms with Crippen molar-refractivity contribution >= 4 is 11.4 Å². The lowest BCUT2D eigenvalue weighted by Gasteiger charge is -2.14. The van der Waals surface area contributed by atoms with Gasteiger partial charge in [-0.15, -0.1) is 0 Å². The standard InChI is InChI=1S/C12H10F3N3/c1-8-5-11(10(7-17-8)12(13,14)15)18-9-3-2-4-16-6-9/h2-7H,1H3,(H,17,18). The lowest BCUT2D eigenvalue weighted by molar-refractivity contribution is -0.137. The Morgan fingerprint density at radius 1 is 1.22 bits per heavy atom. The second-order valence-corrected chi connectivity index (χ2v) is 3.74. The molecular weight excluding hydrogens is 243 g/mol. The number of rotatable bonds is 2. The molecule has 2 rings (SSSR count). The second kappa shape index (κ2) is 4.64. The third kappa shape index (κ3) is 2.77. The van der Waals surface area contributed by atoms with E-state index < -0.39 is 11.7 Å². The van der Waals surface area contributed by atoms with E-state index in [0.717, 1.165) is 6.20 Å². The number of hydrogen-bond acceptors (Lipinski definition) is 3. The van der Waals surface area contributed by atoms with Gasteiger partial charge in [0.2, 0.25) is 0 Å². The van der Waals surface area contributed by atoms with Crippen LogP contribution < -0.4 is 5.32 Å². The molecule has 0 aliphatic rings. The van der Waals surface area contributed by atoms with Crippen molar-refractivity contribution in [1.82, 2.24) is 9.97 Å². The minimum Gasteiger partial charge on any atom is -0.354 e. The summed E-state index contributed by atoms with van der Waals surface area (Å²) >= 11 is 0. The van der Waals surface area contributed by atoms with Crippen LogP contribution in [-0.2, 0) is 6.18 Å². The van der Waals surface area contributed by atoms with E-state index in [9.17, 15) is 13.2 Å². The quantitative estimate of drug-likeness (QED) is 0.889. The van der Waals surface area contributed by atoms with E-state index in [1.54, 1.807) is 25.3 Å². The predicted octanol–water partition coefficient (Wildman–Crippen LogP) is 3.55. The van der Waals surface area contributed by atoms with Crippen molar-refractivity contribution in [3.05, 3.63) is 48.0 Å². The minimum absolute atomic E-state index is 0.0250. The van der Waals surface area contributed by atoms with Gasteiger partial charge in [-0.05, 0) is 25.1 Å². The van der Waals surface area contributed by atoms with Gasteiger partial charge < -0.3 is 5.32 Å². The molecule has 0 aliphatic carbocycles. The molecule has 0 fully saturated rings. The van der Waals surface area contributed by atoms with E-state index in [1.165, 1.54) is 12.3 Å². The maximum Gasteiger partial charge on any atom is 0.419 e. The Labute approximate surface area is 102 Å². The van der Waals surface area contributed by atoms with Gasteiger partial charge in [-0.1, -0.05) is 0 Å². The molecule has 0 atom stereocenters. The smallest absolute Gasteiger partial charge is 0.354 e. The molecule has 0 aromatic carbocycles. The Hall–Kier alpha value is -2.11. The molecule has 0 saturated heterocycles. The molecule has 0 radical (unpaired) electrons. The third-order valence-corrected chi connectivity index (χ3v) is 2.29. The van der Waals surface area contributed by atoms with E-state index in [2.05, 4.69) is 15.3 Å². The fourth-order valence-electron chi connectivity index (χ4n) is 1.48. The fourth-order valence-corrected chi connectivity index (χ4v) is 1.48. The highest BCUT2D eigenvalue weighted by Crippen LogP contribution is 2.35. The average molecular weight is 253 g/mol. The van der Waals surface area contributed by atoms with Crippen LogP contribution in [0.2, 0.25) is 0 Å². The Kier molecular flexibility index (Phi) is 3.18. The summed E-state index contributed by atoms with van der Waals surface area (Å²) in [5, 5.41) is 2.70. The van der Waals surface area contributed by atoms with Gasteiger partial charge in [0, 0.05) is 18.1 Å². The number of anilines is 2. The van der Waals surface area contributed by atoms with Crippen molar-refractivity contribution in [2.45, 2.75) is 13.1 Å². The van der Waals surface area contributed by atoms with Crippen molar-refractivity contribution in [2.24, 2.45) is 0 Å². The summed E-state index contributed by atoms with van der Waals surface area (Å²) in [6.07, 6.45) is -0.608. The van der Waals surface area contributed by atoms with Crippen molar-refractivity contribution in [1.29, 1.82) is 0 Å². The number of aryl methyl sites for hydroxylation is 1. The summed E-state index contributed by atoms with van der Waals surface area (Å²) in [6.45, 7) is 1.63. The monoisotopic (exact) mass is 253 g/mol. The number of halogens is 3. The number of nitrogens with one attached hydrogen (secondary N) is 1. The fraction of sp³-hybridized carbons (Fsp3) is 0.167. The van der Waals surface area contributed by atoms with Gasteiger partial charge in [-0.3, -0.25) is 9.97 Å². The van der Waals surface area contributed by atoms with Gasteiger partial charge in [0.15, 0.2) is 0 Å². The first-order valence-electron chi connectivity index (χ1n) is 5.18. The third-order valence-electron chi connectivity index (χ3n) is 2.29. The molecule has 2 aromatic heterocycles. The molecule has 0 bridgehead atoms. The summed E-state index contributed by atoms with van der Waals surface area (Å²) in [6, 6.07) is 4.64. The lowest BCUT2D eigenvalue weighted by Crippen LogP contribution is -2.10. The zero-order valence-electron chi connectivity index (χ0n) is 9.49. The van der Waals surface area contributed by atoms with E-state index in [4.69, 9.17) is 0 Å². The van der Waals surface area contributed by atoms with E-state index in [0.29, 0.717) is 11.4 Å². The Morgan fingerprint density at radius 3 is 2.61 bits per heavy atom. The molecule has 0 unspecified atom stereocenters. The van der Waals surface area contributed by atoms with E-state index >= 15 is 0 Å². The summed E-state index contributed by atoms with van der Waals surface area (Å²) < 4.78 is 38.4. The zero-order valence-corrected chi connectivity index (χ0v) is 9.49. The Bertz CT molecular complexity index is 538. The molecular formula is C12H10F3N3. The molecule has 2 heterocycles. The first-order chi connectivity index (χ1) is 8.47. The lowest BCUT2D eigenvalue weighted by atomic mass is 10.2. The van der Waals surface area contributed by atoms with Gasteiger partial charge in [-0.25, -0.2) is 0 Å². The first-order valence-corrected chi connectivity index (χ1v) is 5.18. The van der Waals surface area contributed by atoms with Gasteiger partial charge in [0.25, 0.3) is 0 Å². The number of nitrogens with zero attached hydrogens (tertiary/aromatic N) is 2. The molecule has 3 nitrogen and oxygen atoms in total. The molecule has 0 spiro atoms. The second-order valence-electron chi connectivity index (χ2n) is 3.74. The topological polar surface area (TPSA) is 37.8 Å². The summed E-state index contributed by atoms with van der Waals surface area (Å²) in [4.78, 5) is 7.51. The molecule has 6 heteroatoms. The van der Waals surface area contributed by atoms with Crippen LogP contribution in [0.3, 0.4) is 0 Å². The van der Waals surface area contributed by atoms with Crippen LogP contribution in [0.25, 0.3) is 0 Å². The molecule has 0 aliphatic heterocycles. The molecule has 0 saturated carbocycles. The first kappa shape index (κ1) is 12.3. The number of aromatic nitrogens is 2. The molecule has 1 N–H and O–H groups in total. The van der Waals surface area contributed by atoms with Crippen molar-refractivity contribution < 1.29 is 13.2 Å². The normalized spacial score (nSPS) is 11.3. The maximum absolute atomic E-state index is 12.8. The number of alkyl halides is 3. The highest BCUT2D eigenvalue weighted by molar-refractivity contribution is 5.63. The summed E-state index contributed by atoms with van der Waals surface area (Å²) in [5.41, 5.74) is 0.183. The number of pyridine rings is 2. The number of hydrogen-bond donors (Lipinski definition) is 1. The highest BCUT2D eigenvalue weighted by Gasteiger charge is 2.34. The van der Waals surface area contributed by atoms with Crippen LogP contribution in [-0.4, -0.2) is 9.97 Å². The van der Waals surface area contributed by atoms with Gasteiger partial charge in [0.05, 0.1) is 23.1 Å². The Morgan fingerprint density at radius 2 is 2.00 bits per heavy atom. The van der Waals surface area contributed by atoms with Gasteiger partial charge in [0.1, 0.15) is 0 Å². The van der Waals surface area contributed by atoms with Crippen LogP contribution in [0.4, 0.5) is 24.5 Å². The molecule has 18 heavy (non-hydrogen) atoms. The highest BCUT2D eigenvalue weighted by atomic mass is 19.4.